The molecule has 1 amide bonds. The van der Waals surface area contributed by atoms with Gasteiger partial charge >= 0.3 is 12.1 Å². The van der Waals surface area contributed by atoms with Crippen molar-refractivity contribution in [2.45, 2.75) is 43.4 Å². The van der Waals surface area contributed by atoms with E-state index < -0.39 is 12.1 Å². The van der Waals surface area contributed by atoms with Crippen molar-refractivity contribution < 1.29 is 32.6 Å². The van der Waals surface area contributed by atoms with E-state index in [1.807, 2.05) is 23.1 Å². The number of fused-ring (bicyclic) bond motifs is 1. The van der Waals surface area contributed by atoms with Crippen LogP contribution < -0.4 is 0 Å². The fourth-order valence-corrected chi connectivity index (χ4v) is 5.58. The lowest BCUT2D eigenvalue weighted by Crippen LogP contribution is -2.53. The average molecular weight is 473 g/mol. The number of carbonyl (C=O) groups is 2. The molecule has 6 nitrogen and oxygen atoms in total. The van der Waals surface area contributed by atoms with Crippen LogP contribution in [0, 0.1) is 0 Å². The molecule has 2 saturated heterocycles. The molecule has 0 bridgehead atoms. The minimum Gasteiger partial charge on any atom is -0.475 e. The summed E-state index contributed by atoms with van der Waals surface area (Å²) in [6, 6.07) is 10.8. The number of likely N-dealkylation sites (tertiary alicyclic amines) is 2. The lowest BCUT2D eigenvalue weighted by atomic mass is 9.85. The van der Waals surface area contributed by atoms with Gasteiger partial charge in [-0.2, -0.15) is 13.2 Å². The number of nitrogens with zero attached hydrogens (tertiary/aromatic N) is 2. The smallest absolute Gasteiger partial charge is 0.475 e. The highest BCUT2D eigenvalue weighted by atomic mass is 32.1. The minimum atomic E-state index is -5.08. The molecule has 0 aliphatic carbocycles. The molecule has 176 valence electrons. The number of carbonyl (C=O) groups excluding carboxylic acids is 1. The maximum absolute atomic E-state index is 12.9. The number of halogens is 3. The molecule has 1 aromatic carbocycles. The van der Waals surface area contributed by atoms with Gasteiger partial charge in [-0.25, -0.2) is 4.79 Å². The van der Waals surface area contributed by atoms with Crippen molar-refractivity contribution in [1.82, 2.24) is 9.80 Å². The Balaban J connectivity index is 0.000000360. The Labute approximate surface area is 188 Å². The van der Waals surface area contributed by atoms with Gasteiger partial charge in [0.2, 0.25) is 0 Å². The highest BCUT2D eigenvalue weighted by Crippen LogP contribution is 2.41. The Hall–Kier alpha value is -2.17. The van der Waals surface area contributed by atoms with Crippen molar-refractivity contribution in [3.63, 3.8) is 0 Å². The van der Waals surface area contributed by atoms with Crippen LogP contribution in [-0.2, 0) is 9.53 Å². The van der Waals surface area contributed by atoms with Gasteiger partial charge in [-0.15, -0.1) is 11.3 Å². The molecule has 0 saturated carbocycles. The normalized spacial score (nSPS) is 20.9. The quantitative estimate of drug-likeness (QED) is 0.723. The highest BCUT2D eigenvalue weighted by Gasteiger charge is 2.46. The largest absolute Gasteiger partial charge is 0.490 e. The molecule has 2 fully saturated rings. The topological polar surface area (TPSA) is 70.1 Å². The van der Waals surface area contributed by atoms with E-state index in [-0.39, 0.29) is 11.4 Å². The van der Waals surface area contributed by atoms with Gasteiger partial charge in [0.1, 0.15) is 0 Å². The summed E-state index contributed by atoms with van der Waals surface area (Å²) in [5.41, 5.74) is 0.264. The number of carboxylic acids is 1. The molecule has 32 heavy (non-hydrogen) atoms. The SMILES string of the molecule is COCC1CCC2(CCN(C(=O)c3cc4ccccc4s3)CC2)N1C.O=C(O)C(F)(F)F. The fraction of sp³-hybridized carbons (Fsp3) is 0.545. The fourth-order valence-electron chi connectivity index (χ4n) is 4.55. The monoisotopic (exact) mass is 472 g/mol. The summed E-state index contributed by atoms with van der Waals surface area (Å²) in [4.78, 5) is 27.3. The summed E-state index contributed by atoms with van der Waals surface area (Å²) >= 11 is 1.61. The van der Waals surface area contributed by atoms with Gasteiger partial charge in [-0.05, 0) is 50.2 Å². The molecule has 4 rings (SSSR count). The minimum absolute atomic E-state index is 0.199. The molecule has 1 atom stereocenters. The van der Waals surface area contributed by atoms with Gasteiger partial charge in [0.05, 0.1) is 11.5 Å². The van der Waals surface area contributed by atoms with Crippen LogP contribution in [0.2, 0.25) is 0 Å². The number of ether oxygens (including phenoxy) is 1. The van der Waals surface area contributed by atoms with E-state index in [9.17, 15) is 18.0 Å². The highest BCUT2D eigenvalue weighted by molar-refractivity contribution is 7.20. The third kappa shape index (κ3) is 5.24. The Morgan fingerprint density at radius 1 is 1.22 bits per heavy atom. The summed E-state index contributed by atoms with van der Waals surface area (Å²) in [6.07, 6.45) is -0.516. The molecule has 2 aliphatic heterocycles. The van der Waals surface area contributed by atoms with Crippen molar-refractivity contribution in [3.05, 3.63) is 35.2 Å². The number of carboxylic acid groups (broad SMARTS) is 1. The van der Waals surface area contributed by atoms with Crippen molar-refractivity contribution in [2.75, 3.05) is 33.9 Å². The van der Waals surface area contributed by atoms with E-state index in [1.54, 1.807) is 18.4 Å². The number of hydrogen-bond acceptors (Lipinski definition) is 5. The van der Waals surface area contributed by atoms with E-state index in [0.29, 0.717) is 6.04 Å². The van der Waals surface area contributed by atoms with Crippen LogP contribution in [0.5, 0.6) is 0 Å². The standard InChI is InChI=1S/C20H26N2O2S.C2HF3O2/c1-21-16(14-24-2)7-8-20(21)9-11-22(12-10-20)19(23)18-13-15-5-3-4-6-17(15)25-18;3-2(4,5)1(6)7/h3-6,13,16H,7-12,14H2,1-2H3;(H,6,7). The maximum atomic E-state index is 12.9. The van der Waals surface area contributed by atoms with Gasteiger partial charge in [0, 0.05) is 36.5 Å². The first-order chi connectivity index (χ1) is 15.1. The lowest BCUT2D eigenvalue weighted by Gasteiger charge is -2.45. The lowest BCUT2D eigenvalue weighted by molar-refractivity contribution is -0.192. The van der Waals surface area contributed by atoms with Crippen molar-refractivity contribution in [2.24, 2.45) is 0 Å². The Bertz CT molecular complexity index is 921. The summed E-state index contributed by atoms with van der Waals surface area (Å²) < 4.78 is 38.3. The predicted molar refractivity (Wildman–Crippen MR) is 116 cm³/mol. The number of thiophene rings is 1. The van der Waals surface area contributed by atoms with Crippen molar-refractivity contribution in [3.8, 4) is 0 Å². The summed E-state index contributed by atoms with van der Waals surface area (Å²) in [5, 5.41) is 8.29. The second-order valence-corrected chi connectivity index (χ2v) is 9.31. The van der Waals surface area contributed by atoms with E-state index in [2.05, 4.69) is 24.1 Å². The first-order valence-electron chi connectivity index (χ1n) is 10.4. The van der Waals surface area contributed by atoms with Crippen LogP contribution in [0.15, 0.2) is 30.3 Å². The number of rotatable bonds is 3. The van der Waals surface area contributed by atoms with Crippen LogP contribution in [-0.4, -0.2) is 78.4 Å². The van der Waals surface area contributed by atoms with Crippen molar-refractivity contribution >= 4 is 33.3 Å². The molecular formula is C22H27F3N2O4S. The van der Waals surface area contributed by atoms with E-state index >= 15 is 0 Å². The molecule has 1 N–H and O–H groups in total. The second-order valence-electron chi connectivity index (χ2n) is 8.23. The Morgan fingerprint density at radius 2 is 1.84 bits per heavy atom. The number of piperidine rings is 1. The number of aliphatic carboxylic acids is 1. The number of hydrogen-bond donors (Lipinski definition) is 1. The molecule has 1 spiro atoms. The first kappa shape index (κ1) is 24.5. The van der Waals surface area contributed by atoms with E-state index in [1.165, 1.54) is 22.9 Å². The number of likely N-dealkylation sites (N-methyl/N-ethyl adjacent to an activating group) is 1. The van der Waals surface area contributed by atoms with Gasteiger partial charge in [0.25, 0.3) is 5.91 Å². The number of methoxy groups -OCH3 is 1. The molecule has 1 aromatic heterocycles. The summed E-state index contributed by atoms with van der Waals surface area (Å²) in [5.74, 6) is -2.56. The molecule has 3 heterocycles. The number of amides is 1. The average Bonchev–Trinajstić information content (AvgIpc) is 3.31. The third-order valence-corrected chi connectivity index (χ3v) is 7.56. The van der Waals surface area contributed by atoms with E-state index in [0.717, 1.165) is 37.4 Å². The zero-order valence-electron chi connectivity index (χ0n) is 18.0. The number of alkyl halides is 3. The van der Waals surface area contributed by atoms with Gasteiger partial charge in [-0.1, -0.05) is 18.2 Å². The number of benzene rings is 1. The van der Waals surface area contributed by atoms with E-state index in [4.69, 9.17) is 14.6 Å². The second kappa shape index (κ2) is 9.76. The summed E-state index contributed by atoms with van der Waals surface area (Å²) in [7, 11) is 4.02. The van der Waals surface area contributed by atoms with Gasteiger partial charge in [-0.3, -0.25) is 9.69 Å². The molecule has 2 aliphatic rings. The zero-order chi connectivity index (χ0) is 23.5. The van der Waals surface area contributed by atoms with Crippen molar-refractivity contribution in [1.29, 1.82) is 0 Å². The van der Waals surface area contributed by atoms with Gasteiger partial charge < -0.3 is 14.7 Å². The van der Waals surface area contributed by atoms with Crippen LogP contribution in [0.4, 0.5) is 13.2 Å². The molecule has 10 heteroatoms. The van der Waals surface area contributed by atoms with Gasteiger partial charge in [0.15, 0.2) is 0 Å². The van der Waals surface area contributed by atoms with Crippen LogP contribution >= 0.6 is 11.3 Å². The zero-order valence-corrected chi connectivity index (χ0v) is 18.8. The van der Waals surface area contributed by atoms with Crippen LogP contribution in [0.1, 0.15) is 35.4 Å². The van der Waals surface area contributed by atoms with Crippen LogP contribution in [0.25, 0.3) is 10.1 Å². The first-order valence-corrected chi connectivity index (χ1v) is 11.2. The Kier molecular flexibility index (Phi) is 7.46. The van der Waals surface area contributed by atoms with Crippen LogP contribution in [0.3, 0.4) is 0 Å². The predicted octanol–water partition coefficient (Wildman–Crippen LogP) is 4.25. The molecule has 2 aromatic rings. The third-order valence-electron chi connectivity index (χ3n) is 6.46. The molecule has 0 radical (unpaired) electrons. The Morgan fingerprint density at radius 3 is 2.41 bits per heavy atom. The molecule has 1 unspecified atom stereocenters. The summed E-state index contributed by atoms with van der Waals surface area (Å²) in [6.45, 7) is 2.52. The molecular weight excluding hydrogens is 445 g/mol. The maximum Gasteiger partial charge on any atom is 0.490 e.